The molecule has 3 rings (SSSR count). The highest BCUT2D eigenvalue weighted by Gasteiger charge is 2.33. The summed E-state index contributed by atoms with van der Waals surface area (Å²) in [5, 5.41) is 3.78. The second-order valence-corrected chi connectivity index (χ2v) is 6.92. The minimum atomic E-state index is 0.551. The van der Waals surface area contributed by atoms with Crippen LogP contribution in [0, 0.1) is 17.8 Å². The molecule has 110 valence electrons. The molecule has 2 aliphatic rings. The Morgan fingerprint density at radius 1 is 1.10 bits per heavy atom. The van der Waals surface area contributed by atoms with Crippen LogP contribution in [0.15, 0.2) is 18.2 Å². The van der Waals surface area contributed by atoms with Gasteiger partial charge in [-0.25, -0.2) is 0 Å². The Balaban J connectivity index is 1.85. The van der Waals surface area contributed by atoms with Gasteiger partial charge < -0.3 is 10.1 Å². The van der Waals surface area contributed by atoms with Crippen molar-refractivity contribution in [1.82, 2.24) is 5.32 Å². The van der Waals surface area contributed by atoms with E-state index >= 15 is 0 Å². The standard InChI is InChI=1S/C18H27NO/c1-12-8-13(2)10-15(9-12)18-17-5-4-16(20-3)11-14(17)6-7-19-18/h4-5,11-13,15,18-19H,6-10H2,1-3H3. The van der Waals surface area contributed by atoms with Crippen LogP contribution in [0.4, 0.5) is 0 Å². The van der Waals surface area contributed by atoms with E-state index in [0.717, 1.165) is 36.5 Å². The molecule has 3 atom stereocenters. The first-order valence-corrected chi connectivity index (χ1v) is 8.07. The molecule has 20 heavy (non-hydrogen) atoms. The molecule has 0 aromatic heterocycles. The molecule has 3 unspecified atom stereocenters. The predicted molar refractivity (Wildman–Crippen MR) is 83.1 cm³/mol. The van der Waals surface area contributed by atoms with Crippen molar-refractivity contribution in [3.05, 3.63) is 29.3 Å². The smallest absolute Gasteiger partial charge is 0.119 e. The maximum absolute atomic E-state index is 5.37. The lowest BCUT2D eigenvalue weighted by Crippen LogP contribution is -2.37. The van der Waals surface area contributed by atoms with Crippen LogP contribution in [0.25, 0.3) is 0 Å². The summed E-state index contributed by atoms with van der Waals surface area (Å²) in [6.07, 6.45) is 5.26. The van der Waals surface area contributed by atoms with Gasteiger partial charge in [-0.05, 0) is 73.2 Å². The molecule has 1 fully saturated rings. The summed E-state index contributed by atoms with van der Waals surface area (Å²) in [5.74, 6) is 3.53. The van der Waals surface area contributed by atoms with E-state index < -0.39 is 0 Å². The summed E-state index contributed by atoms with van der Waals surface area (Å²) in [6.45, 7) is 5.94. The molecule has 0 amide bonds. The molecule has 0 spiro atoms. The highest BCUT2D eigenvalue weighted by Crippen LogP contribution is 2.42. The number of rotatable bonds is 2. The van der Waals surface area contributed by atoms with Crippen molar-refractivity contribution in [2.24, 2.45) is 17.8 Å². The normalized spacial score (nSPS) is 33.5. The number of hydrogen-bond donors (Lipinski definition) is 1. The van der Waals surface area contributed by atoms with Crippen LogP contribution in [0.5, 0.6) is 5.75 Å². The molecule has 1 saturated carbocycles. The van der Waals surface area contributed by atoms with Gasteiger partial charge in [0.2, 0.25) is 0 Å². The lowest BCUT2D eigenvalue weighted by Gasteiger charge is -2.39. The Labute approximate surface area is 122 Å². The predicted octanol–water partition coefficient (Wildman–Crippen LogP) is 3.95. The fourth-order valence-corrected chi connectivity index (χ4v) is 4.40. The van der Waals surface area contributed by atoms with Crippen molar-refractivity contribution >= 4 is 0 Å². The molecule has 1 heterocycles. The zero-order valence-electron chi connectivity index (χ0n) is 13.0. The summed E-state index contributed by atoms with van der Waals surface area (Å²) in [4.78, 5) is 0. The third-order valence-electron chi connectivity index (χ3n) is 5.13. The van der Waals surface area contributed by atoms with Gasteiger partial charge in [-0.2, -0.15) is 0 Å². The molecule has 1 N–H and O–H groups in total. The van der Waals surface area contributed by atoms with Gasteiger partial charge in [-0.1, -0.05) is 19.9 Å². The Morgan fingerprint density at radius 3 is 2.55 bits per heavy atom. The molecule has 2 nitrogen and oxygen atoms in total. The van der Waals surface area contributed by atoms with E-state index in [4.69, 9.17) is 4.74 Å². The first-order chi connectivity index (χ1) is 9.67. The molecule has 1 aromatic rings. The zero-order chi connectivity index (χ0) is 14.1. The monoisotopic (exact) mass is 273 g/mol. The molecule has 0 saturated heterocycles. The third kappa shape index (κ3) is 2.71. The number of nitrogens with one attached hydrogen (secondary N) is 1. The van der Waals surface area contributed by atoms with Gasteiger partial charge in [0, 0.05) is 6.04 Å². The van der Waals surface area contributed by atoms with Crippen LogP contribution in [-0.2, 0) is 6.42 Å². The highest BCUT2D eigenvalue weighted by molar-refractivity contribution is 5.39. The SMILES string of the molecule is COc1ccc2c(c1)CCNC2C1CC(C)CC(C)C1. The van der Waals surface area contributed by atoms with E-state index in [1.807, 2.05) is 0 Å². The van der Waals surface area contributed by atoms with Crippen molar-refractivity contribution in [3.63, 3.8) is 0 Å². The number of ether oxygens (including phenoxy) is 1. The molecular formula is C18H27NO. The second kappa shape index (κ2) is 5.77. The Kier molecular flexibility index (Phi) is 4.02. The van der Waals surface area contributed by atoms with Gasteiger partial charge in [-0.15, -0.1) is 0 Å². The highest BCUT2D eigenvalue weighted by atomic mass is 16.5. The third-order valence-corrected chi connectivity index (χ3v) is 5.13. The number of fused-ring (bicyclic) bond motifs is 1. The Morgan fingerprint density at radius 2 is 1.85 bits per heavy atom. The molecule has 1 aliphatic heterocycles. The molecular weight excluding hydrogens is 246 g/mol. The summed E-state index contributed by atoms with van der Waals surface area (Å²) in [7, 11) is 1.75. The van der Waals surface area contributed by atoms with Crippen molar-refractivity contribution in [2.45, 2.75) is 45.6 Å². The molecule has 0 bridgehead atoms. The van der Waals surface area contributed by atoms with E-state index in [-0.39, 0.29) is 0 Å². The van der Waals surface area contributed by atoms with Gasteiger partial charge in [0.1, 0.15) is 5.75 Å². The molecule has 2 heteroatoms. The first kappa shape index (κ1) is 13.9. The first-order valence-electron chi connectivity index (χ1n) is 8.07. The Hall–Kier alpha value is -1.02. The zero-order valence-corrected chi connectivity index (χ0v) is 13.0. The lowest BCUT2D eigenvalue weighted by atomic mass is 9.71. The summed E-state index contributed by atoms with van der Waals surface area (Å²) in [5.41, 5.74) is 3.00. The maximum Gasteiger partial charge on any atom is 0.119 e. The van der Waals surface area contributed by atoms with Crippen LogP contribution >= 0.6 is 0 Å². The fourth-order valence-electron chi connectivity index (χ4n) is 4.40. The van der Waals surface area contributed by atoms with Crippen molar-refractivity contribution in [3.8, 4) is 5.75 Å². The topological polar surface area (TPSA) is 21.3 Å². The summed E-state index contributed by atoms with van der Waals surface area (Å²) < 4.78 is 5.37. The van der Waals surface area contributed by atoms with Crippen LogP contribution in [-0.4, -0.2) is 13.7 Å². The molecule has 0 radical (unpaired) electrons. The van der Waals surface area contributed by atoms with Gasteiger partial charge in [-0.3, -0.25) is 0 Å². The van der Waals surface area contributed by atoms with E-state index in [0.29, 0.717) is 6.04 Å². The van der Waals surface area contributed by atoms with E-state index in [1.165, 1.54) is 30.4 Å². The average molecular weight is 273 g/mol. The van der Waals surface area contributed by atoms with E-state index in [2.05, 4.69) is 37.4 Å². The number of benzene rings is 1. The van der Waals surface area contributed by atoms with Gasteiger partial charge in [0.05, 0.1) is 7.11 Å². The number of hydrogen-bond acceptors (Lipinski definition) is 2. The number of methoxy groups -OCH3 is 1. The van der Waals surface area contributed by atoms with Gasteiger partial charge in [0.25, 0.3) is 0 Å². The molecule has 1 aliphatic carbocycles. The van der Waals surface area contributed by atoms with Crippen LogP contribution in [0.3, 0.4) is 0 Å². The van der Waals surface area contributed by atoms with Crippen molar-refractivity contribution in [1.29, 1.82) is 0 Å². The van der Waals surface area contributed by atoms with Crippen LogP contribution < -0.4 is 10.1 Å². The minimum Gasteiger partial charge on any atom is -0.497 e. The molecule has 1 aromatic carbocycles. The van der Waals surface area contributed by atoms with Crippen molar-refractivity contribution in [2.75, 3.05) is 13.7 Å². The lowest BCUT2D eigenvalue weighted by molar-refractivity contribution is 0.173. The second-order valence-electron chi connectivity index (χ2n) is 6.92. The minimum absolute atomic E-state index is 0.551. The Bertz CT molecular complexity index is 460. The van der Waals surface area contributed by atoms with E-state index in [1.54, 1.807) is 7.11 Å². The van der Waals surface area contributed by atoms with Crippen molar-refractivity contribution < 1.29 is 4.74 Å². The van der Waals surface area contributed by atoms with E-state index in [9.17, 15) is 0 Å². The quantitative estimate of drug-likeness (QED) is 0.881. The summed E-state index contributed by atoms with van der Waals surface area (Å²) >= 11 is 0. The van der Waals surface area contributed by atoms with Gasteiger partial charge in [0.15, 0.2) is 0 Å². The van der Waals surface area contributed by atoms with Gasteiger partial charge >= 0.3 is 0 Å². The average Bonchev–Trinajstić information content (AvgIpc) is 2.45. The largest absolute Gasteiger partial charge is 0.497 e. The fraction of sp³-hybridized carbons (Fsp3) is 0.667. The summed E-state index contributed by atoms with van der Waals surface area (Å²) in [6, 6.07) is 7.19. The van der Waals surface area contributed by atoms with Crippen LogP contribution in [0.2, 0.25) is 0 Å². The van der Waals surface area contributed by atoms with Crippen LogP contribution in [0.1, 0.15) is 50.3 Å². The maximum atomic E-state index is 5.37.